The minimum Gasteiger partial charge on any atom is -0.399 e. The van der Waals surface area contributed by atoms with Gasteiger partial charge in [-0.1, -0.05) is 34.6 Å². The van der Waals surface area contributed by atoms with Gasteiger partial charge in [0.1, 0.15) is 12.1 Å². The fraction of sp³-hybridized carbons (Fsp3) is 0.615. The molecule has 35 heavy (non-hydrogen) atoms. The maximum Gasteiger partial charge on any atom is 0.251 e. The number of nitrogen functional groups attached to an aromatic ring is 1. The van der Waals surface area contributed by atoms with Gasteiger partial charge in [0.05, 0.1) is 18.6 Å². The number of carbonyl (C=O) groups is 4. The Bertz CT molecular complexity index is 969. The van der Waals surface area contributed by atoms with Crippen LogP contribution in [0, 0.1) is 11.3 Å². The van der Waals surface area contributed by atoms with Gasteiger partial charge in [-0.05, 0) is 54.9 Å². The van der Waals surface area contributed by atoms with Crippen molar-refractivity contribution in [2.45, 2.75) is 78.0 Å². The van der Waals surface area contributed by atoms with Gasteiger partial charge >= 0.3 is 0 Å². The van der Waals surface area contributed by atoms with Crippen molar-refractivity contribution in [2.24, 2.45) is 17.1 Å². The van der Waals surface area contributed by atoms with Crippen molar-refractivity contribution in [2.75, 3.05) is 18.8 Å². The molecule has 2 heterocycles. The molecule has 0 aromatic heterocycles. The number of nitrogens with one attached hydrogen (secondary N) is 1. The van der Waals surface area contributed by atoms with E-state index >= 15 is 0 Å². The van der Waals surface area contributed by atoms with E-state index in [1.54, 1.807) is 34.1 Å². The topological polar surface area (TPSA) is 139 Å². The summed E-state index contributed by atoms with van der Waals surface area (Å²) in [5.74, 6) is -0.934. The van der Waals surface area contributed by atoms with Crippen molar-refractivity contribution in [1.82, 2.24) is 15.1 Å². The van der Waals surface area contributed by atoms with Gasteiger partial charge in [-0.25, -0.2) is 0 Å². The van der Waals surface area contributed by atoms with E-state index in [9.17, 15) is 19.2 Å². The normalized spacial score (nSPS) is 21.7. The van der Waals surface area contributed by atoms with Crippen molar-refractivity contribution in [1.29, 1.82) is 0 Å². The largest absolute Gasteiger partial charge is 0.399 e. The molecule has 0 bridgehead atoms. The molecule has 2 fully saturated rings. The molecule has 9 nitrogen and oxygen atoms in total. The third kappa shape index (κ3) is 6.20. The molecule has 192 valence electrons. The smallest absolute Gasteiger partial charge is 0.251 e. The van der Waals surface area contributed by atoms with Crippen LogP contribution in [-0.4, -0.2) is 70.6 Å². The number of rotatable bonds is 7. The zero-order valence-corrected chi connectivity index (χ0v) is 21.4. The highest BCUT2D eigenvalue weighted by Gasteiger charge is 2.52. The predicted molar refractivity (Wildman–Crippen MR) is 134 cm³/mol. The SMILES string of the molecule is CC(C)CC(NC(=O)c1ccc(N)cc1)C(=O)N1CCC2C1C(=O)CN2C(=O)C(N)CC(C)(C)C. The van der Waals surface area contributed by atoms with Crippen molar-refractivity contribution in [3.63, 3.8) is 0 Å². The second kappa shape index (κ2) is 10.4. The van der Waals surface area contributed by atoms with Crippen LogP contribution in [0.5, 0.6) is 0 Å². The van der Waals surface area contributed by atoms with E-state index in [2.05, 4.69) is 5.32 Å². The second-order valence-electron chi connectivity index (χ2n) is 11.4. The standard InChI is InChI=1S/C26H39N5O4/c1-15(2)12-19(29-23(33)16-6-8-17(27)9-7-16)25(35)30-11-10-20-22(30)21(32)14-31(20)24(34)18(28)13-26(3,4)5/h6-9,15,18-20,22H,10-14,27-28H2,1-5H3,(H,29,33). The third-order valence-corrected chi connectivity index (χ3v) is 6.62. The Hall–Kier alpha value is -2.94. The minimum atomic E-state index is -0.778. The number of ketones is 1. The first kappa shape index (κ1) is 26.7. The van der Waals surface area contributed by atoms with Crippen LogP contribution in [0.2, 0.25) is 0 Å². The molecule has 3 amide bonds. The highest BCUT2D eigenvalue weighted by atomic mass is 16.2. The van der Waals surface area contributed by atoms with E-state index in [-0.39, 0.29) is 47.4 Å². The zero-order valence-electron chi connectivity index (χ0n) is 21.4. The molecule has 3 rings (SSSR count). The number of hydrogen-bond acceptors (Lipinski definition) is 6. The summed E-state index contributed by atoms with van der Waals surface area (Å²) in [5, 5.41) is 2.85. The summed E-state index contributed by atoms with van der Waals surface area (Å²) in [6.07, 6.45) is 1.45. The second-order valence-corrected chi connectivity index (χ2v) is 11.4. The zero-order chi connectivity index (χ0) is 26.1. The molecule has 5 N–H and O–H groups in total. The summed E-state index contributed by atoms with van der Waals surface area (Å²) < 4.78 is 0. The lowest BCUT2D eigenvalue weighted by Crippen LogP contribution is -2.53. The molecule has 9 heteroatoms. The Morgan fingerprint density at radius 2 is 1.71 bits per heavy atom. The number of benzene rings is 1. The third-order valence-electron chi connectivity index (χ3n) is 6.62. The van der Waals surface area contributed by atoms with E-state index in [1.807, 2.05) is 34.6 Å². The number of anilines is 1. The van der Waals surface area contributed by atoms with E-state index in [4.69, 9.17) is 11.5 Å². The Balaban J connectivity index is 1.75. The van der Waals surface area contributed by atoms with Gasteiger partial charge in [0.25, 0.3) is 5.91 Å². The maximum atomic E-state index is 13.6. The van der Waals surface area contributed by atoms with Gasteiger partial charge < -0.3 is 26.6 Å². The van der Waals surface area contributed by atoms with Crippen LogP contribution < -0.4 is 16.8 Å². The van der Waals surface area contributed by atoms with E-state index in [0.717, 1.165) is 0 Å². The van der Waals surface area contributed by atoms with Crippen LogP contribution >= 0.6 is 0 Å². The minimum absolute atomic E-state index is 0.0393. The number of Topliss-reactive ketones (excluding diaryl/α,β-unsaturated/α-hetero) is 1. The van der Waals surface area contributed by atoms with Crippen LogP contribution in [0.1, 0.15) is 64.2 Å². The Morgan fingerprint density at radius 3 is 2.29 bits per heavy atom. The van der Waals surface area contributed by atoms with Crippen LogP contribution in [0.15, 0.2) is 24.3 Å². The van der Waals surface area contributed by atoms with Gasteiger partial charge in [-0.15, -0.1) is 0 Å². The predicted octanol–water partition coefficient (Wildman–Crippen LogP) is 1.56. The summed E-state index contributed by atoms with van der Waals surface area (Å²) in [6, 6.07) is 3.93. The number of amides is 3. The monoisotopic (exact) mass is 485 g/mol. The number of likely N-dealkylation sites (tertiary alicyclic amines) is 2. The van der Waals surface area contributed by atoms with Gasteiger partial charge in [-0.2, -0.15) is 0 Å². The lowest BCUT2D eigenvalue weighted by molar-refractivity contribution is -0.138. The van der Waals surface area contributed by atoms with Crippen molar-refractivity contribution in [3.8, 4) is 0 Å². The lowest BCUT2D eigenvalue weighted by atomic mass is 9.88. The molecule has 0 spiro atoms. The highest BCUT2D eigenvalue weighted by Crippen LogP contribution is 2.32. The number of nitrogens with zero attached hydrogens (tertiary/aromatic N) is 2. The molecule has 0 saturated carbocycles. The fourth-order valence-corrected chi connectivity index (χ4v) is 5.09. The molecule has 2 aliphatic heterocycles. The number of fused-ring (bicyclic) bond motifs is 1. The molecule has 4 unspecified atom stereocenters. The van der Waals surface area contributed by atoms with Crippen LogP contribution in [0.3, 0.4) is 0 Å². The van der Waals surface area contributed by atoms with Gasteiger partial charge in [0, 0.05) is 17.8 Å². The summed E-state index contributed by atoms with van der Waals surface area (Å²) in [6.45, 7) is 10.3. The van der Waals surface area contributed by atoms with Crippen molar-refractivity contribution >= 4 is 29.2 Å². The first-order valence-corrected chi connectivity index (χ1v) is 12.3. The van der Waals surface area contributed by atoms with E-state index in [1.165, 1.54) is 0 Å². The average molecular weight is 486 g/mol. The maximum absolute atomic E-state index is 13.6. The molecular weight excluding hydrogens is 446 g/mol. The molecule has 0 aliphatic carbocycles. The Kier molecular flexibility index (Phi) is 7.89. The molecule has 1 aromatic rings. The first-order chi connectivity index (χ1) is 16.3. The molecule has 2 aliphatic rings. The number of nitrogens with two attached hydrogens (primary N) is 2. The van der Waals surface area contributed by atoms with Crippen LogP contribution in [0.25, 0.3) is 0 Å². The number of carbonyl (C=O) groups excluding carboxylic acids is 4. The van der Waals surface area contributed by atoms with Gasteiger partial charge in [0.15, 0.2) is 5.78 Å². The molecular formula is C26H39N5O4. The summed E-state index contributed by atoms with van der Waals surface area (Å²) in [4.78, 5) is 55.6. The quantitative estimate of drug-likeness (QED) is 0.501. The lowest BCUT2D eigenvalue weighted by Gasteiger charge is -2.30. The van der Waals surface area contributed by atoms with E-state index < -0.39 is 18.1 Å². The first-order valence-electron chi connectivity index (χ1n) is 12.3. The molecule has 1 aromatic carbocycles. The number of hydrogen-bond donors (Lipinski definition) is 3. The van der Waals surface area contributed by atoms with Crippen LogP contribution in [0.4, 0.5) is 5.69 Å². The molecule has 4 atom stereocenters. The fourth-order valence-electron chi connectivity index (χ4n) is 5.09. The average Bonchev–Trinajstić information content (AvgIpc) is 3.32. The Labute approximate surface area is 207 Å². The summed E-state index contributed by atoms with van der Waals surface area (Å²) in [5.41, 5.74) is 12.7. The molecule has 2 saturated heterocycles. The van der Waals surface area contributed by atoms with Crippen LogP contribution in [-0.2, 0) is 14.4 Å². The van der Waals surface area contributed by atoms with Gasteiger partial charge in [-0.3, -0.25) is 19.2 Å². The van der Waals surface area contributed by atoms with E-state index in [0.29, 0.717) is 37.1 Å². The highest BCUT2D eigenvalue weighted by molar-refractivity contribution is 6.01. The Morgan fingerprint density at radius 1 is 1.09 bits per heavy atom. The summed E-state index contributed by atoms with van der Waals surface area (Å²) in [7, 11) is 0. The molecule has 0 radical (unpaired) electrons. The summed E-state index contributed by atoms with van der Waals surface area (Å²) >= 11 is 0. The van der Waals surface area contributed by atoms with Gasteiger partial charge in [0.2, 0.25) is 11.8 Å². The van der Waals surface area contributed by atoms with Crippen molar-refractivity contribution < 1.29 is 19.2 Å². The van der Waals surface area contributed by atoms with Crippen molar-refractivity contribution in [3.05, 3.63) is 29.8 Å².